The summed E-state index contributed by atoms with van der Waals surface area (Å²) in [5.74, 6) is 1.38. The van der Waals surface area contributed by atoms with E-state index in [0.717, 1.165) is 48.1 Å². The molecule has 2 aromatic carbocycles. The second-order valence-corrected chi connectivity index (χ2v) is 7.62. The van der Waals surface area contributed by atoms with Crippen molar-refractivity contribution < 1.29 is 14.3 Å². The molecule has 1 aliphatic carbocycles. The Morgan fingerprint density at radius 3 is 2.55 bits per heavy atom. The molecule has 4 rings (SSSR count). The SMILES string of the molecule is COc1ccc(C2(CNC(=O)c3ccnc4ccccc34)CCCC2)cc1OC. The van der Waals surface area contributed by atoms with Gasteiger partial charge in [0.25, 0.3) is 5.91 Å². The minimum atomic E-state index is -0.0853. The highest BCUT2D eigenvalue weighted by Gasteiger charge is 2.36. The van der Waals surface area contributed by atoms with Gasteiger partial charge in [0, 0.05) is 23.5 Å². The van der Waals surface area contributed by atoms with Crippen LogP contribution in [0.3, 0.4) is 0 Å². The van der Waals surface area contributed by atoms with Gasteiger partial charge in [-0.3, -0.25) is 9.78 Å². The number of amides is 1. The van der Waals surface area contributed by atoms with Crippen LogP contribution in [0, 0.1) is 0 Å². The number of nitrogens with zero attached hydrogens (tertiary/aromatic N) is 1. The van der Waals surface area contributed by atoms with Crippen LogP contribution in [0.1, 0.15) is 41.6 Å². The van der Waals surface area contributed by atoms with E-state index in [4.69, 9.17) is 9.47 Å². The van der Waals surface area contributed by atoms with Crippen molar-refractivity contribution in [1.82, 2.24) is 10.3 Å². The van der Waals surface area contributed by atoms with Crippen molar-refractivity contribution in [2.75, 3.05) is 20.8 Å². The van der Waals surface area contributed by atoms with Crippen molar-refractivity contribution in [3.8, 4) is 11.5 Å². The quantitative estimate of drug-likeness (QED) is 0.673. The molecular weight excluding hydrogens is 364 g/mol. The molecule has 3 aromatic rings. The molecule has 1 fully saturated rings. The van der Waals surface area contributed by atoms with Crippen molar-refractivity contribution in [2.45, 2.75) is 31.1 Å². The van der Waals surface area contributed by atoms with E-state index in [0.29, 0.717) is 12.1 Å². The molecule has 0 atom stereocenters. The van der Waals surface area contributed by atoms with Gasteiger partial charge in [0.15, 0.2) is 11.5 Å². The summed E-state index contributed by atoms with van der Waals surface area (Å²) in [4.78, 5) is 17.4. The van der Waals surface area contributed by atoms with Crippen molar-refractivity contribution in [3.05, 3.63) is 65.9 Å². The summed E-state index contributed by atoms with van der Waals surface area (Å²) >= 11 is 0. The molecule has 5 nitrogen and oxygen atoms in total. The number of para-hydroxylation sites is 1. The highest BCUT2D eigenvalue weighted by Crippen LogP contribution is 2.43. The number of hydrogen-bond donors (Lipinski definition) is 1. The van der Waals surface area contributed by atoms with Crippen LogP contribution < -0.4 is 14.8 Å². The summed E-state index contributed by atoms with van der Waals surface area (Å²) < 4.78 is 10.9. The zero-order valence-electron chi connectivity index (χ0n) is 16.9. The normalized spacial score (nSPS) is 15.2. The number of ether oxygens (including phenoxy) is 2. The third-order valence-corrected chi connectivity index (χ3v) is 6.04. The number of aromatic nitrogens is 1. The Kier molecular flexibility index (Phi) is 5.38. The van der Waals surface area contributed by atoms with Crippen LogP contribution in [-0.2, 0) is 5.41 Å². The summed E-state index contributed by atoms with van der Waals surface area (Å²) in [6.45, 7) is 0.595. The van der Waals surface area contributed by atoms with Gasteiger partial charge >= 0.3 is 0 Å². The second kappa shape index (κ2) is 8.11. The van der Waals surface area contributed by atoms with Crippen molar-refractivity contribution in [2.24, 2.45) is 0 Å². The Bertz CT molecular complexity index is 1020. The number of nitrogens with one attached hydrogen (secondary N) is 1. The van der Waals surface area contributed by atoms with Gasteiger partial charge in [0.2, 0.25) is 0 Å². The average molecular weight is 390 g/mol. The fourth-order valence-electron chi connectivity index (χ4n) is 4.42. The molecule has 0 radical (unpaired) electrons. The summed E-state index contributed by atoms with van der Waals surface area (Å²) in [5.41, 5.74) is 2.59. The number of methoxy groups -OCH3 is 2. The standard InChI is InChI=1S/C24H26N2O3/c1-28-21-10-9-17(15-22(21)29-2)24(12-5-6-13-24)16-26-23(27)19-11-14-25-20-8-4-3-7-18(19)20/h3-4,7-11,14-15H,5-6,12-13,16H2,1-2H3,(H,26,27). The fraction of sp³-hybridized carbons (Fsp3) is 0.333. The molecule has 1 aliphatic rings. The number of hydrogen-bond acceptors (Lipinski definition) is 4. The van der Waals surface area contributed by atoms with E-state index in [1.807, 2.05) is 30.3 Å². The summed E-state index contributed by atoms with van der Waals surface area (Å²) in [6.07, 6.45) is 6.08. The lowest BCUT2D eigenvalue weighted by Gasteiger charge is -2.30. The maximum Gasteiger partial charge on any atom is 0.252 e. The van der Waals surface area contributed by atoms with Gasteiger partial charge in [-0.15, -0.1) is 0 Å². The molecule has 29 heavy (non-hydrogen) atoms. The van der Waals surface area contributed by atoms with Crippen molar-refractivity contribution >= 4 is 16.8 Å². The molecule has 0 spiro atoms. The van der Waals surface area contributed by atoms with E-state index in [1.165, 1.54) is 5.56 Å². The number of pyridine rings is 1. The van der Waals surface area contributed by atoms with E-state index in [2.05, 4.69) is 22.4 Å². The first-order valence-corrected chi connectivity index (χ1v) is 10.0. The van der Waals surface area contributed by atoms with Gasteiger partial charge in [-0.25, -0.2) is 0 Å². The molecule has 150 valence electrons. The smallest absolute Gasteiger partial charge is 0.252 e. The van der Waals surface area contributed by atoms with E-state index in [9.17, 15) is 4.79 Å². The van der Waals surface area contributed by atoms with E-state index < -0.39 is 0 Å². The fourth-order valence-corrected chi connectivity index (χ4v) is 4.42. The Balaban J connectivity index is 1.60. The topological polar surface area (TPSA) is 60.5 Å². The summed E-state index contributed by atoms with van der Waals surface area (Å²) in [6, 6.07) is 15.6. The third-order valence-electron chi connectivity index (χ3n) is 6.04. The zero-order valence-corrected chi connectivity index (χ0v) is 16.9. The predicted octanol–water partition coefficient (Wildman–Crippen LogP) is 4.49. The van der Waals surface area contributed by atoms with Crippen LogP contribution in [0.2, 0.25) is 0 Å². The molecule has 1 saturated carbocycles. The molecule has 1 N–H and O–H groups in total. The molecule has 0 saturated heterocycles. The molecule has 0 aliphatic heterocycles. The van der Waals surface area contributed by atoms with Gasteiger partial charge in [0.05, 0.1) is 25.3 Å². The van der Waals surface area contributed by atoms with Gasteiger partial charge in [0.1, 0.15) is 0 Å². The lowest BCUT2D eigenvalue weighted by Crippen LogP contribution is -2.39. The average Bonchev–Trinajstić information content (AvgIpc) is 3.26. The highest BCUT2D eigenvalue weighted by molar-refractivity contribution is 6.05. The lowest BCUT2D eigenvalue weighted by atomic mass is 9.78. The van der Waals surface area contributed by atoms with Crippen LogP contribution >= 0.6 is 0 Å². The Morgan fingerprint density at radius 1 is 1.03 bits per heavy atom. The molecule has 1 amide bonds. The number of benzene rings is 2. The molecule has 1 aromatic heterocycles. The van der Waals surface area contributed by atoms with Gasteiger partial charge < -0.3 is 14.8 Å². The van der Waals surface area contributed by atoms with Crippen LogP contribution in [0.15, 0.2) is 54.7 Å². The number of rotatable bonds is 6. The maximum absolute atomic E-state index is 13.0. The number of carbonyl (C=O) groups excluding carboxylic acids is 1. The zero-order chi connectivity index (χ0) is 20.3. The van der Waals surface area contributed by atoms with Crippen LogP contribution in [0.25, 0.3) is 10.9 Å². The maximum atomic E-state index is 13.0. The van der Waals surface area contributed by atoms with E-state index >= 15 is 0 Å². The first-order chi connectivity index (χ1) is 14.2. The van der Waals surface area contributed by atoms with Gasteiger partial charge in [-0.1, -0.05) is 37.1 Å². The van der Waals surface area contributed by atoms with Crippen LogP contribution in [0.5, 0.6) is 11.5 Å². The minimum Gasteiger partial charge on any atom is -0.493 e. The Hall–Kier alpha value is -3.08. The second-order valence-electron chi connectivity index (χ2n) is 7.62. The predicted molar refractivity (Wildman–Crippen MR) is 114 cm³/mol. The Morgan fingerprint density at radius 2 is 1.79 bits per heavy atom. The first kappa shape index (κ1) is 19.2. The highest BCUT2D eigenvalue weighted by atomic mass is 16.5. The van der Waals surface area contributed by atoms with Gasteiger partial charge in [-0.05, 0) is 42.7 Å². The van der Waals surface area contributed by atoms with Gasteiger partial charge in [-0.2, -0.15) is 0 Å². The molecule has 0 unspecified atom stereocenters. The van der Waals surface area contributed by atoms with Crippen LogP contribution in [-0.4, -0.2) is 31.7 Å². The minimum absolute atomic E-state index is 0.0599. The van der Waals surface area contributed by atoms with Crippen LogP contribution in [0.4, 0.5) is 0 Å². The molecule has 1 heterocycles. The lowest BCUT2D eigenvalue weighted by molar-refractivity contribution is 0.0944. The number of fused-ring (bicyclic) bond motifs is 1. The van der Waals surface area contributed by atoms with E-state index in [-0.39, 0.29) is 11.3 Å². The Labute approximate surface area is 171 Å². The first-order valence-electron chi connectivity index (χ1n) is 10.0. The van der Waals surface area contributed by atoms with E-state index in [1.54, 1.807) is 26.5 Å². The van der Waals surface area contributed by atoms with Crippen molar-refractivity contribution in [3.63, 3.8) is 0 Å². The molecule has 0 bridgehead atoms. The monoisotopic (exact) mass is 390 g/mol. The third kappa shape index (κ3) is 3.65. The molecule has 5 heteroatoms. The summed E-state index contributed by atoms with van der Waals surface area (Å²) in [5, 5.41) is 4.07. The van der Waals surface area contributed by atoms with Crippen molar-refractivity contribution in [1.29, 1.82) is 0 Å². The molecular formula is C24H26N2O3. The number of carbonyl (C=O) groups is 1. The largest absolute Gasteiger partial charge is 0.493 e. The summed E-state index contributed by atoms with van der Waals surface area (Å²) in [7, 11) is 3.29.